The zero-order valence-electron chi connectivity index (χ0n) is 10.5. The number of alkyl halides is 1. The molecule has 18 heavy (non-hydrogen) atoms. The average Bonchev–Trinajstić information content (AvgIpc) is 2.37. The summed E-state index contributed by atoms with van der Waals surface area (Å²) in [5.74, 6) is 0. The van der Waals surface area contributed by atoms with E-state index in [1.165, 1.54) is 0 Å². The van der Waals surface area contributed by atoms with E-state index in [-0.39, 0.29) is 6.10 Å². The van der Waals surface area contributed by atoms with Gasteiger partial charge in [0.1, 0.15) is 4.57 Å². The summed E-state index contributed by atoms with van der Waals surface area (Å²) in [4.78, 5) is 9.93. The zero-order valence-corrected chi connectivity index (χ0v) is 13.0. The molecule has 0 saturated heterocycles. The van der Waals surface area contributed by atoms with E-state index in [0.29, 0.717) is 18.5 Å². The first-order valence-electron chi connectivity index (χ1n) is 5.84. The Labute approximate surface area is 116 Å². The lowest BCUT2D eigenvalue weighted by atomic mass is 10.1. The third-order valence-electron chi connectivity index (χ3n) is 2.68. The molecule has 3 atom stereocenters. The van der Waals surface area contributed by atoms with E-state index in [2.05, 4.69) is 15.9 Å². The number of rotatable bonds is 6. The fraction of sp³-hybridized carbons (Fsp3) is 0.500. The van der Waals surface area contributed by atoms with Crippen molar-refractivity contribution in [1.82, 2.24) is 0 Å². The van der Waals surface area contributed by atoms with E-state index in [1.807, 2.05) is 19.1 Å². The molecule has 0 fully saturated rings. The summed E-state index contributed by atoms with van der Waals surface area (Å²) < 4.78 is 16.6. The number of nitrogens with two attached hydrogens (primary N) is 1. The standard InChI is InChI=1S/C12H19BrNO3P/c1-3-9(2)17-18(15,16)12(13)11-6-4-10(8-14)5-7-11/h4-7,9,12H,3,8,14H2,1-2H3,(H,15,16). The lowest BCUT2D eigenvalue weighted by molar-refractivity contribution is 0.184. The fourth-order valence-electron chi connectivity index (χ4n) is 1.39. The van der Waals surface area contributed by atoms with Crippen molar-refractivity contribution in [3.8, 4) is 0 Å². The van der Waals surface area contributed by atoms with E-state index < -0.39 is 12.2 Å². The fourth-order valence-corrected chi connectivity index (χ4v) is 3.30. The van der Waals surface area contributed by atoms with Crippen LogP contribution in [0.3, 0.4) is 0 Å². The Morgan fingerprint density at radius 2 is 2.00 bits per heavy atom. The molecule has 0 aliphatic carbocycles. The summed E-state index contributed by atoms with van der Waals surface area (Å²) in [7, 11) is -3.72. The minimum atomic E-state index is -3.72. The van der Waals surface area contributed by atoms with Crippen molar-refractivity contribution in [2.75, 3.05) is 0 Å². The first-order valence-corrected chi connectivity index (χ1v) is 8.40. The Hall–Kier alpha value is -0.190. The Morgan fingerprint density at radius 1 is 1.44 bits per heavy atom. The second kappa shape index (κ2) is 6.83. The van der Waals surface area contributed by atoms with Gasteiger partial charge in [0.05, 0.1) is 6.10 Å². The van der Waals surface area contributed by atoms with Crippen molar-refractivity contribution in [2.45, 2.75) is 37.5 Å². The summed E-state index contributed by atoms with van der Waals surface area (Å²) in [5.41, 5.74) is 7.20. The Balaban J connectivity index is 2.84. The molecule has 1 aromatic rings. The van der Waals surface area contributed by atoms with Crippen LogP contribution in [-0.4, -0.2) is 11.0 Å². The molecule has 3 N–H and O–H groups in total. The number of hydrogen-bond acceptors (Lipinski definition) is 3. The second-order valence-corrected chi connectivity index (χ2v) is 7.65. The van der Waals surface area contributed by atoms with Crippen molar-refractivity contribution in [1.29, 1.82) is 0 Å². The smallest absolute Gasteiger partial charge is 0.326 e. The van der Waals surface area contributed by atoms with Crippen molar-refractivity contribution < 1.29 is 14.0 Å². The van der Waals surface area contributed by atoms with Crippen LogP contribution in [0, 0.1) is 0 Å². The van der Waals surface area contributed by atoms with Gasteiger partial charge in [0.2, 0.25) is 0 Å². The molecule has 0 saturated carbocycles. The van der Waals surface area contributed by atoms with Gasteiger partial charge in [0.25, 0.3) is 0 Å². The monoisotopic (exact) mass is 335 g/mol. The van der Waals surface area contributed by atoms with E-state index in [0.717, 1.165) is 5.56 Å². The van der Waals surface area contributed by atoms with Crippen LogP contribution in [0.25, 0.3) is 0 Å². The summed E-state index contributed by atoms with van der Waals surface area (Å²) >= 11 is 3.24. The highest BCUT2D eigenvalue weighted by Crippen LogP contribution is 2.60. The van der Waals surface area contributed by atoms with E-state index >= 15 is 0 Å². The van der Waals surface area contributed by atoms with Gasteiger partial charge in [-0.3, -0.25) is 4.57 Å². The van der Waals surface area contributed by atoms with Crippen LogP contribution >= 0.6 is 23.5 Å². The van der Waals surface area contributed by atoms with E-state index in [9.17, 15) is 9.46 Å². The highest BCUT2D eigenvalue weighted by atomic mass is 79.9. The van der Waals surface area contributed by atoms with Gasteiger partial charge >= 0.3 is 7.60 Å². The summed E-state index contributed by atoms with van der Waals surface area (Å²) in [5, 5.41) is 0. The van der Waals surface area contributed by atoms with Crippen LogP contribution in [0.4, 0.5) is 0 Å². The van der Waals surface area contributed by atoms with Crippen molar-refractivity contribution in [3.05, 3.63) is 35.4 Å². The third kappa shape index (κ3) is 4.18. The molecule has 0 bridgehead atoms. The molecule has 0 heterocycles. The molecule has 102 valence electrons. The molecule has 1 rings (SSSR count). The predicted octanol–water partition coefficient (Wildman–Crippen LogP) is 3.54. The van der Waals surface area contributed by atoms with Gasteiger partial charge < -0.3 is 15.2 Å². The molecule has 3 unspecified atom stereocenters. The highest BCUT2D eigenvalue weighted by Gasteiger charge is 2.33. The molecule has 0 aromatic heterocycles. The van der Waals surface area contributed by atoms with Crippen LogP contribution in [0.1, 0.15) is 36.0 Å². The maximum absolute atomic E-state index is 12.1. The van der Waals surface area contributed by atoms with Gasteiger partial charge in [-0.15, -0.1) is 0 Å². The van der Waals surface area contributed by atoms with Crippen LogP contribution < -0.4 is 5.73 Å². The lowest BCUT2D eigenvalue weighted by Crippen LogP contribution is -2.07. The molecule has 4 nitrogen and oxygen atoms in total. The van der Waals surface area contributed by atoms with Gasteiger partial charge in [0, 0.05) is 6.54 Å². The normalized spacial score (nSPS) is 18.1. The quantitative estimate of drug-likeness (QED) is 0.616. The molecule has 0 radical (unpaired) electrons. The zero-order chi connectivity index (χ0) is 13.8. The van der Waals surface area contributed by atoms with Crippen LogP contribution in [0.2, 0.25) is 0 Å². The molecule has 1 aromatic carbocycles. The molecule has 0 amide bonds. The lowest BCUT2D eigenvalue weighted by Gasteiger charge is -2.21. The van der Waals surface area contributed by atoms with Gasteiger partial charge in [0.15, 0.2) is 0 Å². The molecule has 0 aliphatic heterocycles. The molecule has 6 heteroatoms. The summed E-state index contributed by atoms with van der Waals surface area (Å²) in [6, 6.07) is 7.24. The molecule has 0 spiro atoms. The van der Waals surface area contributed by atoms with Gasteiger partial charge in [-0.2, -0.15) is 0 Å². The van der Waals surface area contributed by atoms with Crippen molar-refractivity contribution in [2.24, 2.45) is 5.73 Å². The SMILES string of the molecule is CCC(C)OP(=O)(O)C(Br)c1ccc(CN)cc1. The largest absolute Gasteiger partial charge is 0.346 e. The van der Waals surface area contributed by atoms with Crippen LogP contribution in [0.5, 0.6) is 0 Å². The minimum absolute atomic E-state index is 0.246. The number of halogens is 1. The highest BCUT2D eigenvalue weighted by molar-refractivity contribution is 9.10. The first-order chi connectivity index (χ1) is 8.40. The summed E-state index contributed by atoms with van der Waals surface area (Å²) in [6.45, 7) is 4.14. The third-order valence-corrected chi connectivity index (χ3v) is 6.30. The summed E-state index contributed by atoms with van der Waals surface area (Å²) in [6.07, 6.45) is 0.445. The Morgan fingerprint density at radius 3 is 2.44 bits per heavy atom. The minimum Gasteiger partial charge on any atom is -0.326 e. The topological polar surface area (TPSA) is 72.5 Å². The number of hydrogen-bond donors (Lipinski definition) is 2. The average molecular weight is 336 g/mol. The predicted molar refractivity (Wildman–Crippen MR) is 76.7 cm³/mol. The van der Waals surface area contributed by atoms with Crippen LogP contribution in [0.15, 0.2) is 24.3 Å². The van der Waals surface area contributed by atoms with Gasteiger partial charge in [-0.1, -0.05) is 47.1 Å². The van der Waals surface area contributed by atoms with Crippen molar-refractivity contribution >= 4 is 23.5 Å². The molecule has 0 aliphatic rings. The first kappa shape index (κ1) is 15.9. The second-order valence-electron chi connectivity index (χ2n) is 4.17. The van der Waals surface area contributed by atoms with E-state index in [4.69, 9.17) is 10.3 Å². The molecular formula is C12H19BrNO3P. The maximum Gasteiger partial charge on any atom is 0.346 e. The number of benzene rings is 1. The van der Waals surface area contributed by atoms with Crippen LogP contribution in [-0.2, 0) is 15.6 Å². The Kier molecular flexibility index (Phi) is 6.02. The van der Waals surface area contributed by atoms with Gasteiger partial charge in [-0.05, 0) is 24.5 Å². The Bertz CT molecular complexity index is 424. The van der Waals surface area contributed by atoms with E-state index in [1.54, 1.807) is 19.1 Å². The molecular weight excluding hydrogens is 317 g/mol. The van der Waals surface area contributed by atoms with Gasteiger partial charge in [-0.25, -0.2) is 0 Å². The maximum atomic E-state index is 12.1. The van der Waals surface area contributed by atoms with Crippen molar-refractivity contribution in [3.63, 3.8) is 0 Å².